The molecule has 0 amide bonds. The summed E-state index contributed by atoms with van der Waals surface area (Å²) in [5.74, 6) is 4.80. The number of halogens is 6. The molecule has 12 aromatic rings. The molecule has 141 heavy (non-hydrogen) atoms. The summed E-state index contributed by atoms with van der Waals surface area (Å²) in [6.45, 7) is 63.2. The SMILES string of the molecule is C=C(C)CC1C2c3c(Br)cccc3C(CC2(C)C)N1Cc1c[nH]c2ccccc12.C=C(C)CC1C2c3c(Br)cccc3C(CC2(C)C)N1Cc1cc(C)on1.C=C(C)CC1C2c3c(Br)cccc3C(CC2(C)C)N1Cc1ccc2c(c1)OCO2.C=C(C)CC1C2c3c(Br)cccc3C(CC2(C)C)N1Cc1cccc(F)c1.C=C(C)CC1C2c3c(Br)cccc3C(CC2(C)C)N1Cc1ccnc2ccccc12. The predicted molar refractivity (Wildman–Crippen MR) is 594 cm³/mol. The van der Waals surface area contributed by atoms with E-state index in [9.17, 15) is 4.39 Å². The van der Waals surface area contributed by atoms with Crippen LogP contribution in [0.15, 0.2) is 294 Å². The molecule has 15 unspecified atom stereocenters. The number of nitrogens with zero attached hydrogens (tertiary/aromatic N) is 7. The summed E-state index contributed by atoms with van der Waals surface area (Å²) < 4.78 is 36.5. The molecule has 1 N–H and O–H groups in total. The first-order valence-corrected chi connectivity index (χ1v) is 55.0. The molecule has 5 saturated heterocycles. The van der Waals surface area contributed by atoms with E-state index in [-0.39, 0.29) is 32.9 Å². The number of pyridine rings is 1. The molecule has 14 heterocycles. The van der Waals surface area contributed by atoms with Gasteiger partial charge in [-0.05, 0) is 284 Å². The van der Waals surface area contributed by atoms with Crippen LogP contribution < -0.4 is 9.47 Å². The quantitative estimate of drug-likeness (QED) is 0.0744. The average molecular weight is 2210 g/mol. The lowest BCUT2D eigenvalue weighted by Crippen LogP contribution is -2.56. The van der Waals surface area contributed by atoms with Crippen molar-refractivity contribution in [1.82, 2.24) is 39.6 Å². The highest BCUT2D eigenvalue weighted by atomic mass is 79.9. The number of fused-ring (bicyclic) bond motifs is 13. The molecule has 15 atom stereocenters. The summed E-state index contributed by atoms with van der Waals surface area (Å²) in [6.07, 6.45) is 15.1. The number of aryl methyl sites for hydroxylation is 1. The van der Waals surface area contributed by atoms with Gasteiger partial charge in [-0.15, -0.1) is 32.9 Å². The zero-order valence-corrected chi connectivity index (χ0v) is 93.2. The summed E-state index contributed by atoms with van der Waals surface area (Å²) >= 11 is 19.4. The van der Waals surface area contributed by atoms with E-state index >= 15 is 0 Å². The fourth-order valence-electron chi connectivity index (χ4n) is 28.5. The molecule has 736 valence electrons. The third kappa shape index (κ3) is 19.6. The van der Waals surface area contributed by atoms with Crippen LogP contribution in [0.1, 0.15) is 317 Å². The molecule has 28 rings (SSSR count). The fourth-order valence-corrected chi connectivity index (χ4v) is 31.6. The predicted octanol–water partition coefficient (Wildman–Crippen LogP) is 34.5. The highest BCUT2D eigenvalue weighted by molar-refractivity contribution is 9.11. The molecule has 0 radical (unpaired) electrons. The molecule has 17 heteroatoms. The Kier molecular flexibility index (Phi) is 28.8. The summed E-state index contributed by atoms with van der Waals surface area (Å²) in [5, 5.41) is 6.88. The van der Waals surface area contributed by atoms with Gasteiger partial charge in [-0.2, -0.15) is 0 Å². The monoisotopic (exact) mass is 2200 g/mol. The second kappa shape index (κ2) is 40.1. The smallest absolute Gasteiger partial charge is 0.231 e. The number of H-pyrrole nitrogens is 1. The number of nitrogens with one attached hydrogen (secondary N) is 1. The van der Waals surface area contributed by atoms with E-state index in [2.05, 4.69) is 426 Å². The van der Waals surface area contributed by atoms with E-state index < -0.39 is 0 Å². The summed E-state index contributed by atoms with van der Waals surface area (Å²) in [7, 11) is 0. The van der Waals surface area contributed by atoms with Gasteiger partial charge in [0.25, 0.3) is 0 Å². The maximum Gasteiger partial charge on any atom is 0.231 e. The molecule has 5 fully saturated rings. The van der Waals surface area contributed by atoms with Crippen LogP contribution in [0.5, 0.6) is 11.5 Å². The molecular formula is C124H140Br5FN8O3. The highest BCUT2D eigenvalue weighted by Gasteiger charge is 2.60. The minimum Gasteiger partial charge on any atom is -0.454 e. The van der Waals surface area contributed by atoms with Crippen LogP contribution in [0.4, 0.5) is 4.39 Å². The second-order valence-electron chi connectivity index (χ2n) is 46.7. The summed E-state index contributed by atoms with van der Waals surface area (Å²) in [4.78, 5) is 21.6. The molecular weight excluding hydrogens is 2070 g/mol. The highest BCUT2D eigenvalue weighted by Crippen LogP contribution is 2.68. The number of rotatable bonds is 20. The average Bonchev–Trinajstić information content (AvgIpc) is 1.66. The Hall–Kier alpha value is -8.43. The van der Waals surface area contributed by atoms with Crippen LogP contribution in [-0.2, 0) is 32.7 Å². The number of aromatic amines is 1. The Morgan fingerprint density at radius 1 is 0.376 bits per heavy atom. The Morgan fingerprint density at radius 3 is 1.11 bits per heavy atom. The van der Waals surface area contributed by atoms with Gasteiger partial charge in [-0.3, -0.25) is 29.5 Å². The number of ether oxygens (including phenoxy) is 2. The Bertz CT molecular complexity index is 6810. The molecule has 5 aliphatic carbocycles. The lowest BCUT2D eigenvalue weighted by atomic mass is 9.57. The number of benzene rings is 9. The van der Waals surface area contributed by atoms with Crippen LogP contribution in [0.3, 0.4) is 0 Å². The maximum atomic E-state index is 13.8. The van der Waals surface area contributed by atoms with Gasteiger partial charge in [-0.25, -0.2) is 4.39 Å². The van der Waals surface area contributed by atoms with Crippen molar-refractivity contribution in [2.24, 2.45) is 27.1 Å². The molecule has 11 aliphatic heterocycles. The number of para-hydroxylation sites is 2. The second-order valence-corrected chi connectivity index (χ2v) is 51.0. The van der Waals surface area contributed by atoms with Crippen molar-refractivity contribution < 1.29 is 18.4 Å². The first kappa shape index (κ1) is 101. The Morgan fingerprint density at radius 2 is 0.723 bits per heavy atom. The van der Waals surface area contributed by atoms with E-state index in [1.165, 1.54) is 171 Å². The van der Waals surface area contributed by atoms with Gasteiger partial charge in [0, 0.05) is 180 Å². The van der Waals surface area contributed by atoms with Crippen LogP contribution in [0, 0.1) is 39.8 Å². The fraction of sp³-hybridized carbons (Fsp3) is 0.419. The molecule has 0 saturated carbocycles. The van der Waals surface area contributed by atoms with Crippen molar-refractivity contribution in [1.29, 1.82) is 0 Å². The maximum absolute atomic E-state index is 13.8. The van der Waals surface area contributed by atoms with E-state index in [1.807, 2.05) is 31.3 Å². The summed E-state index contributed by atoms with van der Waals surface area (Å²) in [6, 6.07) is 72.6. The molecule has 11 nitrogen and oxygen atoms in total. The van der Waals surface area contributed by atoms with Gasteiger partial charge < -0.3 is 19.0 Å². The molecule has 3 aromatic heterocycles. The van der Waals surface area contributed by atoms with Crippen LogP contribution in [-0.4, -0.2) is 76.6 Å². The minimum absolute atomic E-state index is 0.158. The van der Waals surface area contributed by atoms with Crippen molar-refractivity contribution in [3.05, 3.63) is 385 Å². The third-order valence-corrected chi connectivity index (χ3v) is 37.1. The lowest BCUT2D eigenvalue weighted by molar-refractivity contribution is -0.0328. The van der Waals surface area contributed by atoms with E-state index in [4.69, 9.17) is 14.0 Å². The van der Waals surface area contributed by atoms with Gasteiger partial charge in [0.2, 0.25) is 6.79 Å². The van der Waals surface area contributed by atoms with Gasteiger partial charge in [0.05, 0.1) is 11.2 Å². The Balaban J connectivity index is 0.000000112. The number of piperidine rings is 5. The van der Waals surface area contributed by atoms with E-state index in [0.29, 0.717) is 96.8 Å². The zero-order valence-electron chi connectivity index (χ0n) is 85.3. The van der Waals surface area contributed by atoms with Gasteiger partial charge in [0.1, 0.15) is 11.6 Å². The topological polar surface area (TPSA) is 89.4 Å². The largest absolute Gasteiger partial charge is 0.454 e. The third-order valence-electron chi connectivity index (χ3n) is 33.6. The standard InChI is InChI=1S/C27H29BrN2.C26H29BrN2.C25H28BrNO2.C24H27BrFN.C22H27BrN2O/c1-17(2)14-23-26-25-20(9-7-10-21(25)28)24(15-27(26,3)4)30(23)16-18-12-13-29-22-11-6-5-8-19(18)22;1-16(2)12-22-25-24-19(9-7-10-20(24)27)23(13-26(25,3)4)29(22)15-17-14-28-21-11-6-5-8-18(17)21;1-15(2)10-19-24-23-17(6-5-7-18(23)26)20(12-25(24,3)4)27(19)13-16-8-9-21-22(11-16)29-14-28-21;1-15(2)11-20-23-22-18(9-6-10-19(22)25)21(13-24(23,3)4)27(20)14-16-7-5-8-17(26)12-16;1-13(2)9-18-21-20-16(7-6-8-17(20)23)19(11-22(21,4)5)25(18)12-15-10-14(3)26-24-15/h5-13,23-24,26H,1,14-16H2,2-4H3;5-11,14,22-23,25,28H,1,12-13,15H2,2-4H3;5-9,11,19-20,24H,1,10,12-14H2,2-4H3;5-10,12,20-21,23H,1,11,13-14H2,2-4H3;6-8,10,18-19,21H,1,9,11-12H2,2-5H3. The van der Waals surface area contributed by atoms with Gasteiger partial charge >= 0.3 is 0 Å². The van der Waals surface area contributed by atoms with Crippen LogP contribution in [0.25, 0.3) is 21.8 Å². The van der Waals surface area contributed by atoms with Crippen LogP contribution >= 0.6 is 79.6 Å². The Labute approximate surface area is 879 Å². The number of aromatic nitrogens is 3. The minimum atomic E-state index is -0.158. The molecule has 16 aliphatic rings. The van der Waals surface area contributed by atoms with Crippen molar-refractivity contribution in [2.45, 2.75) is 298 Å². The van der Waals surface area contributed by atoms with Gasteiger partial charge in [0.15, 0.2) is 11.5 Å². The molecule has 0 spiro atoms. The molecule has 10 bridgehead atoms. The normalized spacial score (nSPS) is 25.8. The number of hydrogen-bond acceptors (Lipinski definition) is 10. The first-order valence-electron chi connectivity index (χ1n) is 51.0. The van der Waals surface area contributed by atoms with Gasteiger partial charge in [-0.1, -0.05) is 297 Å². The lowest BCUT2D eigenvalue weighted by Gasteiger charge is -2.60. The van der Waals surface area contributed by atoms with E-state index in [1.54, 1.807) is 6.07 Å². The van der Waals surface area contributed by atoms with Crippen molar-refractivity contribution >= 4 is 101 Å². The van der Waals surface area contributed by atoms with Crippen molar-refractivity contribution in [3.8, 4) is 11.5 Å². The van der Waals surface area contributed by atoms with E-state index in [0.717, 1.165) is 105 Å². The van der Waals surface area contributed by atoms with Crippen molar-refractivity contribution in [3.63, 3.8) is 0 Å². The van der Waals surface area contributed by atoms with Crippen LogP contribution in [0.2, 0.25) is 0 Å². The van der Waals surface area contributed by atoms with Crippen molar-refractivity contribution in [2.75, 3.05) is 6.79 Å². The summed E-state index contributed by atoms with van der Waals surface area (Å²) in [5.41, 5.74) is 30.9. The first-order chi connectivity index (χ1) is 67.1. The number of hydrogen-bond donors (Lipinski definition) is 1. The zero-order chi connectivity index (χ0) is 99.7. The molecule has 9 aromatic carbocycles.